The molecule has 2 heterocycles. The van der Waals surface area contributed by atoms with Crippen LogP contribution in [0.2, 0.25) is 0 Å². The van der Waals surface area contributed by atoms with Crippen molar-refractivity contribution < 1.29 is 9.18 Å². The van der Waals surface area contributed by atoms with E-state index in [2.05, 4.69) is 15.7 Å². The Morgan fingerprint density at radius 3 is 2.62 bits per heavy atom. The van der Waals surface area contributed by atoms with Gasteiger partial charge in [-0.05, 0) is 49.6 Å². The number of urea groups is 1. The Hall–Kier alpha value is -2.90. The van der Waals surface area contributed by atoms with Gasteiger partial charge in [0.25, 0.3) is 5.56 Å². The second-order valence-corrected chi connectivity index (χ2v) is 6.53. The molecule has 1 aliphatic rings. The molecule has 0 radical (unpaired) electrons. The third-order valence-electron chi connectivity index (χ3n) is 4.39. The molecule has 1 saturated heterocycles. The number of likely N-dealkylation sites (tertiary alicyclic amines) is 1. The lowest BCUT2D eigenvalue weighted by atomic mass is 10.0. The fourth-order valence-corrected chi connectivity index (χ4v) is 3.04. The van der Waals surface area contributed by atoms with Crippen LogP contribution in [0.15, 0.2) is 35.1 Å². The Balaban J connectivity index is 1.53. The normalized spacial score (nSPS) is 15.0. The van der Waals surface area contributed by atoms with Crippen LogP contribution < -0.4 is 16.2 Å². The number of rotatable bonds is 3. The van der Waals surface area contributed by atoms with Crippen molar-refractivity contribution in [1.82, 2.24) is 14.7 Å². The fraction of sp³-hybridized carbons (Fsp3) is 0.389. The zero-order chi connectivity index (χ0) is 18.7. The number of carbonyl (C=O) groups excluding carboxylic acids is 1. The summed E-state index contributed by atoms with van der Waals surface area (Å²) in [6.07, 6.45) is 1.54. The van der Waals surface area contributed by atoms with Crippen molar-refractivity contribution in [3.63, 3.8) is 0 Å². The Kier molecular flexibility index (Phi) is 5.20. The lowest BCUT2D eigenvalue weighted by molar-refractivity contribution is 0.197. The van der Waals surface area contributed by atoms with Crippen LogP contribution in [0, 0.1) is 12.7 Å². The van der Waals surface area contributed by atoms with Crippen molar-refractivity contribution in [3.05, 3.63) is 52.1 Å². The monoisotopic (exact) mass is 359 g/mol. The van der Waals surface area contributed by atoms with Gasteiger partial charge in [-0.2, -0.15) is 5.10 Å². The van der Waals surface area contributed by atoms with E-state index in [4.69, 9.17) is 0 Å². The number of halogens is 1. The van der Waals surface area contributed by atoms with Crippen molar-refractivity contribution in [2.24, 2.45) is 7.05 Å². The number of carbonyl (C=O) groups is 1. The number of amides is 2. The highest BCUT2D eigenvalue weighted by Gasteiger charge is 2.23. The lowest BCUT2D eigenvalue weighted by Gasteiger charge is -2.32. The third-order valence-corrected chi connectivity index (χ3v) is 4.39. The highest BCUT2D eigenvalue weighted by Crippen LogP contribution is 2.19. The number of hydrogen-bond donors (Lipinski definition) is 2. The van der Waals surface area contributed by atoms with Gasteiger partial charge < -0.3 is 10.2 Å². The van der Waals surface area contributed by atoms with Gasteiger partial charge in [-0.1, -0.05) is 0 Å². The van der Waals surface area contributed by atoms with E-state index < -0.39 is 0 Å². The van der Waals surface area contributed by atoms with Crippen molar-refractivity contribution in [3.8, 4) is 0 Å². The van der Waals surface area contributed by atoms with E-state index >= 15 is 0 Å². The maximum absolute atomic E-state index is 13.5. The highest BCUT2D eigenvalue weighted by atomic mass is 19.1. The molecule has 1 aromatic carbocycles. The number of piperidine rings is 1. The molecule has 2 aromatic rings. The largest absolute Gasteiger partial charge is 0.382 e. The minimum Gasteiger partial charge on any atom is -0.382 e. The van der Waals surface area contributed by atoms with Crippen LogP contribution >= 0.6 is 0 Å². The van der Waals surface area contributed by atoms with Crippen LogP contribution in [0.4, 0.5) is 20.7 Å². The summed E-state index contributed by atoms with van der Waals surface area (Å²) in [6.45, 7) is 3.03. The SMILES string of the molecule is Cc1cc(F)cc(NC2CCN(C(=O)Nc3ccc(=O)n(C)n3)CC2)c1. The number of hydrogen-bond acceptors (Lipinski definition) is 4. The summed E-state index contributed by atoms with van der Waals surface area (Å²) >= 11 is 0. The summed E-state index contributed by atoms with van der Waals surface area (Å²) < 4.78 is 14.7. The van der Waals surface area contributed by atoms with E-state index in [9.17, 15) is 14.0 Å². The van der Waals surface area contributed by atoms with Gasteiger partial charge in [0.1, 0.15) is 5.82 Å². The fourth-order valence-electron chi connectivity index (χ4n) is 3.04. The summed E-state index contributed by atoms with van der Waals surface area (Å²) in [6, 6.07) is 7.68. The van der Waals surface area contributed by atoms with Crippen LogP contribution in [0.25, 0.3) is 0 Å². The van der Waals surface area contributed by atoms with Crippen molar-refractivity contribution in [2.75, 3.05) is 23.7 Å². The molecule has 7 nitrogen and oxygen atoms in total. The first-order valence-electron chi connectivity index (χ1n) is 8.55. The highest BCUT2D eigenvalue weighted by molar-refractivity contribution is 5.88. The molecule has 0 bridgehead atoms. The molecule has 0 aliphatic carbocycles. The number of benzene rings is 1. The number of aryl methyl sites for hydroxylation is 2. The summed E-state index contributed by atoms with van der Waals surface area (Å²) in [5, 5.41) is 10.0. The number of aromatic nitrogens is 2. The Labute approximate surface area is 150 Å². The molecule has 0 unspecified atom stereocenters. The summed E-state index contributed by atoms with van der Waals surface area (Å²) in [5.74, 6) is 0.0849. The first-order chi connectivity index (χ1) is 12.4. The molecule has 0 spiro atoms. The maximum Gasteiger partial charge on any atom is 0.323 e. The van der Waals surface area contributed by atoms with Crippen LogP contribution in [-0.2, 0) is 7.05 Å². The van der Waals surface area contributed by atoms with Crippen LogP contribution in [0.3, 0.4) is 0 Å². The zero-order valence-corrected chi connectivity index (χ0v) is 14.8. The first-order valence-corrected chi connectivity index (χ1v) is 8.55. The molecule has 138 valence electrons. The van der Waals surface area contributed by atoms with Gasteiger partial charge in [0.05, 0.1) is 0 Å². The van der Waals surface area contributed by atoms with E-state index in [1.54, 1.807) is 4.90 Å². The van der Waals surface area contributed by atoms with Crippen molar-refractivity contribution in [2.45, 2.75) is 25.8 Å². The number of nitrogens with one attached hydrogen (secondary N) is 2. The van der Waals surface area contributed by atoms with E-state index in [1.165, 1.54) is 36.0 Å². The zero-order valence-electron chi connectivity index (χ0n) is 14.8. The molecule has 26 heavy (non-hydrogen) atoms. The van der Waals surface area contributed by atoms with E-state index in [1.807, 2.05) is 13.0 Å². The van der Waals surface area contributed by atoms with E-state index in [0.29, 0.717) is 18.9 Å². The standard InChI is InChI=1S/C18H22FN5O2/c1-12-9-13(19)11-15(10-12)20-14-5-7-24(8-6-14)18(26)21-16-3-4-17(25)23(2)22-16/h3-4,9-11,14,20H,5-8H2,1-2H3,(H,21,22,26). The van der Waals surface area contributed by atoms with Gasteiger partial charge in [0, 0.05) is 37.9 Å². The predicted octanol–water partition coefficient (Wildman–Crippen LogP) is 2.34. The second kappa shape index (κ2) is 7.55. The first kappa shape index (κ1) is 17.9. The average molecular weight is 359 g/mol. The van der Waals surface area contributed by atoms with Crippen molar-refractivity contribution >= 4 is 17.5 Å². The van der Waals surface area contributed by atoms with Crippen LogP contribution in [-0.4, -0.2) is 39.8 Å². The maximum atomic E-state index is 13.5. The predicted molar refractivity (Wildman–Crippen MR) is 97.9 cm³/mol. The molecular formula is C18H22FN5O2. The quantitative estimate of drug-likeness (QED) is 0.882. The van der Waals surface area contributed by atoms with Gasteiger partial charge >= 0.3 is 6.03 Å². The molecular weight excluding hydrogens is 337 g/mol. The molecule has 3 rings (SSSR count). The van der Waals surface area contributed by atoms with E-state index in [-0.39, 0.29) is 23.4 Å². The molecule has 2 amide bonds. The molecule has 1 fully saturated rings. The minimum absolute atomic E-state index is 0.191. The van der Waals surface area contributed by atoms with Crippen molar-refractivity contribution in [1.29, 1.82) is 0 Å². The summed E-state index contributed by atoms with van der Waals surface area (Å²) in [4.78, 5) is 25.4. The molecule has 0 atom stereocenters. The Bertz CT molecular complexity index is 839. The molecule has 2 N–H and O–H groups in total. The third kappa shape index (κ3) is 4.38. The van der Waals surface area contributed by atoms with E-state index in [0.717, 1.165) is 24.1 Å². The summed E-state index contributed by atoms with van der Waals surface area (Å²) in [7, 11) is 1.53. The minimum atomic E-state index is -0.255. The number of anilines is 2. The van der Waals surface area contributed by atoms with Crippen LogP contribution in [0.1, 0.15) is 18.4 Å². The number of nitrogens with zero attached hydrogens (tertiary/aromatic N) is 3. The lowest BCUT2D eigenvalue weighted by Crippen LogP contribution is -2.44. The summed E-state index contributed by atoms with van der Waals surface area (Å²) in [5.41, 5.74) is 1.40. The van der Waals surface area contributed by atoms with Gasteiger partial charge in [-0.3, -0.25) is 10.1 Å². The topological polar surface area (TPSA) is 79.3 Å². The van der Waals surface area contributed by atoms with Crippen LogP contribution in [0.5, 0.6) is 0 Å². The average Bonchev–Trinajstić information content (AvgIpc) is 2.58. The molecule has 0 saturated carbocycles. The Morgan fingerprint density at radius 2 is 1.96 bits per heavy atom. The van der Waals surface area contributed by atoms with Gasteiger partial charge in [-0.25, -0.2) is 13.9 Å². The second-order valence-electron chi connectivity index (χ2n) is 6.53. The van der Waals surface area contributed by atoms with Gasteiger partial charge in [0.15, 0.2) is 5.82 Å². The smallest absolute Gasteiger partial charge is 0.323 e. The molecule has 8 heteroatoms. The molecule has 1 aromatic heterocycles. The van der Waals surface area contributed by atoms with Gasteiger partial charge in [-0.15, -0.1) is 0 Å². The molecule has 1 aliphatic heterocycles. The van der Waals surface area contributed by atoms with Gasteiger partial charge in [0.2, 0.25) is 0 Å². The Morgan fingerprint density at radius 1 is 1.23 bits per heavy atom.